The summed E-state index contributed by atoms with van der Waals surface area (Å²) in [7, 11) is -0.525. The van der Waals surface area contributed by atoms with Crippen LogP contribution in [0.3, 0.4) is 0 Å². The second-order valence-corrected chi connectivity index (χ2v) is 8.24. The van der Waals surface area contributed by atoms with E-state index >= 15 is 0 Å². The van der Waals surface area contributed by atoms with Gasteiger partial charge in [0.15, 0.2) is 6.61 Å². The van der Waals surface area contributed by atoms with Crippen molar-refractivity contribution in [1.82, 2.24) is 9.62 Å². The third-order valence-electron chi connectivity index (χ3n) is 3.49. The van der Waals surface area contributed by atoms with Crippen molar-refractivity contribution in [2.75, 3.05) is 33.9 Å². The molecule has 9 heteroatoms. The van der Waals surface area contributed by atoms with E-state index in [1.165, 1.54) is 26.2 Å². The number of nitrogens with one attached hydrogen (secondary N) is 1. The summed E-state index contributed by atoms with van der Waals surface area (Å²) in [5, 5.41) is 3.10. The topological polar surface area (TPSA) is 84.9 Å². The first-order valence-corrected chi connectivity index (χ1v) is 9.92. The van der Waals surface area contributed by atoms with E-state index in [9.17, 15) is 13.2 Å². The van der Waals surface area contributed by atoms with E-state index in [0.717, 1.165) is 4.31 Å². The van der Waals surface area contributed by atoms with Crippen LogP contribution >= 0.6 is 11.6 Å². The van der Waals surface area contributed by atoms with Gasteiger partial charge in [-0.2, -0.15) is 0 Å². The number of carbonyl (C=O) groups excluding carboxylic acids is 1. The minimum absolute atomic E-state index is 0.152. The number of halogens is 1. The van der Waals surface area contributed by atoms with Crippen molar-refractivity contribution in [2.24, 2.45) is 0 Å². The lowest BCUT2D eigenvalue weighted by molar-refractivity contribution is -0.123. The van der Waals surface area contributed by atoms with E-state index in [-0.39, 0.29) is 30.6 Å². The maximum Gasteiger partial charge on any atom is 0.258 e. The monoisotopic (exact) mass is 412 g/mol. The maximum atomic E-state index is 12.0. The molecule has 0 spiro atoms. The molecule has 0 aliphatic carbocycles. The lowest BCUT2D eigenvalue weighted by Gasteiger charge is -2.12. The molecule has 0 aromatic heterocycles. The molecule has 0 saturated heterocycles. The van der Waals surface area contributed by atoms with Crippen molar-refractivity contribution in [3.63, 3.8) is 0 Å². The third kappa shape index (κ3) is 6.13. The molecular weight excluding hydrogens is 392 g/mol. The van der Waals surface area contributed by atoms with Crippen LogP contribution in [0.15, 0.2) is 53.4 Å². The van der Waals surface area contributed by atoms with Crippen LogP contribution in [0.2, 0.25) is 5.02 Å². The number of sulfonamides is 1. The summed E-state index contributed by atoms with van der Waals surface area (Å²) in [6.45, 7) is 0.362. The van der Waals surface area contributed by atoms with Crippen molar-refractivity contribution in [3.8, 4) is 11.5 Å². The first kappa shape index (κ1) is 21.0. The van der Waals surface area contributed by atoms with E-state index < -0.39 is 10.0 Å². The number of carbonyl (C=O) groups is 1. The first-order chi connectivity index (χ1) is 12.8. The molecule has 7 nitrogen and oxygen atoms in total. The van der Waals surface area contributed by atoms with Crippen LogP contribution in [-0.4, -0.2) is 52.5 Å². The van der Waals surface area contributed by atoms with Gasteiger partial charge in [-0.15, -0.1) is 0 Å². The highest BCUT2D eigenvalue weighted by Gasteiger charge is 2.16. The van der Waals surface area contributed by atoms with Crippen LogP contribution in [0.5, 0.6) is 11.5 Å². The summed E-state index contributed by atoms with van der Waals surface area (Å²) in [6, 6.07) is 13.0. The summed E-state index contributed by atoms with van der Waals surface area (Å²) in [5.41, 5.74) is 0. The number of nitrogens with zero attached hydrogens (tertiary/aromatic N) is 1. The highest BCUT2D eigenvalue weighted by molar-refractivity contribution is 7.89. The van der Waals surface area contributed by atoms with Gasteiger partial charge in [0, 0.05) is 14.1 Å². The van der Waals surface area contributed by atoms with E-state index in [0.29, 0.717) is 16.5 Å². The zero-order valence-corrected chi connectivity index (χ0v) is 16.6. The van der Waals surface area contributed by atoms with E-state index in [1.807, 2.05) is 0 Å². The predicted molar refractivity (Wildman–Crippen MR) is 103 cm³/mol. The van der Waals surface area contributed by atoms with Gasteiger partial charge in [0.1, 0.15) is 18.1 Å². The number of para-hydroxylation sites is 1. The summed E-state index contributed by atoms with van der Waals surface area (Å²) >= 11 is 5.94. The lowest BCUT2D eigenvalue weighted by Crippen LogP contribution is -2.32. The van der Waals surface area contributed by atoms with Crippen LogP contribution in [0, 0.1) is 0 Å². The van der Waals surface area contributed by atoms with Crippen LogP contribution < -0.4 is 14.8 Å². The first-order valence-electron chi connectivity index (χ1n) is 8.10. The zero-order chi connectivity index (χ0) is 19.9. The molecular formula is C18H21ClN2O5S. The molecule has 2 rings (SSSR count). The normalized spacial score (nSPS) is 11.3. The molecule has 0 aliphatic rings. The predicted octanol–water partition coefficient (Wildman–Crippen LogP) is 2.16. The molecule has 146 valence electrons. The van der Waals surface area contributed by atoms with E-state index in [4.69, 9.17) is 21.1 Å². The fraction of sp³-hybridized carbons (Fsp3) is 0.278. The number of amides is 1. The molecule has 0 fully saturated rings. The maximum absolute atomic E-state index is 12.0. The summed E-state index contributed by atoms with van der Waals surface area (Å²) in [5.74, 6) is 0.651. The minimum Gasteiger partial charge on any atom is -0.492 e. The Bertz CT molecular complexity index is 870. The van der Waals surface area contributed by atoms with Gasteiger partial charge in [0.25, 0.3) is 5.91 Å². The molecule has 0 unspecified atom stereocenters. The molecule has 27 heavy (non-hydrogen) atoms. The Morgan fingerprint density at radius 3 is 2.37 bits per heavy atom. The van der Waals surface area contributed by atoms with Crippen LogP contribution in [-0.2, 0) is 14.8 Å². The van der Waals surface area contributed by atoms with Crippen molar-refractivity contribution in [3.05, 3.63) is 53.6 Å². The Balaban J connectivity index is 1.72. The molecule has 0 aliphatic heterocycles. The Hall–Kier alpha value is -2.29. The number of rotatable bonds is 9. The molecule has 0 radical (unpaired) electrons. The van der Waals surface area contributed by atoms with Crippen LogP contribution in [0.1, 0.15) is 0 Å². The second kappa shape index (κ2) is 9.59. The van der Waals surface area contributed by atoms with Gasteiger partial charge in [0.2, 0.25) is 10.0 Å². The van der Waals surface area contributed by atoms with Crippen molar-refractivity contribution in [1.29, 1.82) is 0 Å². The SMILES string of the molecule is CN(C)S(=O)(=O)c1ccc(OCCNC(=O)COc2ccccc2Cl)cc1. The van der Waals surface area contributed by atoms with E-state index in [2.05, 4.69) is 5.32 Å². The fourth-order valence-corrected chi connectivity index (χ4v) is 3.13. The third-order valence-corrected chi connectivity index (χ3v) is 5.63. The molecule has 2 aromatic carbocycles. The lowest BCUT2D eigenvalue weighted by atomic mass is 10.3. The highest BCUT2D eigenvalue weighted by Crippen LogP contribution is 2.22. The summed E-state index contributed by atoms with van der Waals surface area (Å²) in [4.78, 5) is 11.9. The number of benzene rings is 2. The fourth-order valence-electron chi connectivity index (χ4n) is 2.03. The van der Waals surface area contributed by atoms with Gasteiger partial charge >= 0.3 is 0 Å². The second-order valence-electron chi connectivity index (χ2n) is 5.68. The Morgan fingerprint density at radius 2 is 1.74 bits per heavy atom. The average Bonchev–Trinajstić information content (AvgIpc) is 2.65. The van der Waals surface area contributed by atoms with Crippen LogP contribution in [0.25, 0.3) is 0 Å². The molecule has 0 bridgehead atoms. The van der Waals surface area contributed by atoms with Gasteiger partial charge in [0.05, 0.1) is 16.5 Å². The molecule has 0 heterocycles. The zero-order valence-electron chi connectivity index (χ0n) is 15.0. The molecule has 2 aromatic rings. The quantitative estimate of drug-likeness (QED) is 0.638. The van der Waals surface area contributed by atoms with Gasteiger partial charge in [-0.05, 0) is 36.4 Å². The van der Waals surface area contributed by atoms with Crippen molar-refractivity contribution < 1.29 is 22.7 Å². The molecule has 0 saturated carbocycles. The Labute approximate surface area is 163 Å². The number of hydrogen-bond donors (Lipinski definition) is 1. The largest absolute Gasteiger partial charge is 0.492 e. The standard InChI is InChI=1S/C18H21ClN2O5S/c1-21(2)27(23,24)15-9-7-14(8-10-15)25-12-11-20-18(22)13-26-17-6-4-3-5-16(17)19/h3-10H,11-13H2,1-2H3,(H,20,22). The minimum atomic E-state index is -3.46. The summed E-state index contributed by atoms with van der Waals surface area (Å²) in [6.07, 6.45) is 0. The van der Waals surface area contributed by atoms with Crippen molar-refractivity contribution >= 4 is 27.5 Å². The molecule has 1 amide bonds. The van der Waals surface area contributed by atoms with Gasteiger partial charge in [-0.25, -0.2) is 12.7 Å². The molecule has 1 N–H and O–H groups in total. The number of ether oxygens (including phenoxy) is 2. The van der Waals surface area contributed by atoms with E-state index in [1.54, 1.807) is 36.4 Å². The van der Waals surface area contributed by atoms with Gasteiger partial charge < -0.3 is 14.8 Å². The Morgan fingerprint density at radius 1 is 1.07 bits per heavy atom. The van der Waals surface area contributed by atoms with Crippen molar-refractivity contribution in [2.45, 2.75) is 4.90 Å². The van der Waals surface area contributed by atoms with Gasteiger partial charge in [-0.1, -0.05) is 23.7 Å². The smallest absolute Gasteiger partial charge is 0.258 e. The highest BCUT2D eigenvalue weighted by atomic mass is 35.5. The Kier molecular flexibility index (Phi) is 7.46. The molecule has 0 atom stereocenters. The van der Waals surface area contributed by atoms with Gasteiger partial charge in [-0.3, -0.25) is 4.79 Å². The summed E-state index contributed by atoms with van der Waals surface area (Å²) < 4.78 is 35.9. The number of hydrogen-bond acceptors (Lipinski definition) is 5. The van der Waals surface area contributed by atoms with Crippen LogP contribution in [0.4, 0.5) is 0 Å². The average molecular weight is 413 g/mol.